The summed E-state index contributed by atoms with van der Waals surface area (Å²) in [4.78, 5) is 28.8. The molecule has 0 saturated carbocycles. The smallest absolute Gasteiger partial charge is 0.323 e. The van der Waals surface area contributed by atoms with Gasteiger partial charge in [-0.05, 0) is 29.8 Å². The van der Waals surface area contributed by atoms with E-state index >= 15 is 0 Å². The van der Waals surface area contributed by atoms with Crippen molar-refractivity contribution in [3.63, 3.8) is 0 Å². The summed E-state index contributed by atoms with van der Waals surface area (Å²) < 4.78 is 26.8. The lowest BCUT2D eigenvalue weighted by Gasteiger charge is -2.17. The van der Waals surface area contributed by atoms with E-state index in [1.807, 2.05) is 0 Å². The average Bonchev–Trinajstić information content (AvgIpc) is 3.02. The van der Waals surface area contributed by atoms with Crippen LogP contribution in [0.4, 0.5) is 25.0 Å². The number of nitrogens with zero attached hydrogens (tertiary/aromatic N) is 1. The number of benzene rings is 2. The largest absolute Gasteiger partial charge is 0.340 e. The minimum atomic E-state index is -0.911. The summed E-state index contributed by atoms with van der Waals surface area (Å²) in [6.07, 6.45) is 1.38. The fourth-order valence-electron chi connectivity index (χ4n) is 3.14. The molecule has 0 radical (unpaired) electrons. The summed E-state index contributed by atoms with van der Waals surface area (Å²) in [5.74, 6) is -2.07. The number of pyridine rings is 1. The number of carbonyl (C=O) groups is 2. The number of amides is 3. The van der Waals surface area contributed by atoms with Crippen LogP contribution < -0.4 is 16.0 Å². The summed E-state index contributed by atoms with van der Waals surface area (Å²) in [5, 5.41) is 8.14. The fraction of sp³-hybridized carbons (Fsp3) is 0.0500. The molecule has 0 fully saturated rings. The molecule has 1 aliphatic heterocycles. The Morgan fingerprint density at radius 3 is 2.59 bits per heavy atom. The quantitative estimate of drug-likeness (QED) is 0.590. The van der Waals surface area contributed by atoms with Gasteiger partial charge in [0.2, 0.25) is 0 Å². The molecule has 1 aliphatic rings. The van der Waals surface area contributed by atoms with Crippen LogP contribution in [0.25, 0.3) is 0 Å². The van der Waals surface area contributed by atoms with Gasteiger partial charge in [-0.1, -0.05) is 29.8 Å². The summed E-state index contributed by atoms with van der Waals surface area (Å²) >= 11 is 6.27. The molecule has 0 aliphatic carbocycles. The third kappa shape index (κ3) is 3.62. The van der Waals surface area contributed by atoms with Gasteiger partial charge in [-0.2, -0.15) is 0 Å². The lowest BCUT2D eigenvalue weighted by Crippen LogP contribution is -2.23. The molecule has 0 spiro atoms. The predicted molar refractivity (Wildman–Crippen MR) is 104 cm³/mol. The molecule has 3 N–H and O–H groups in total. The molecular weight excluding hydrogens is 402 g/mol. The Balaban J connectivity index is 1.65. The normalized spacial score (nSPS) is 14.9. The van der Waals surface area contributed by atoms with E-state index in [0.717, 1.165) is 12.1 Å². The first-order valence-corrected chi connectivity index (χ1v) is 8.89. The van der Waals surface area contributed by atoms with Gasteiger partial charge in [0.1, 0.15) is 17.3 Å². The molecule has 9 heteroatoms. The van der Waals surface area contributed by atoms with Crippen molar-refractivity contribution in [3.8, 4) is 0 Å². The Labute approximate surface area is 168 Å². The van der Waals surface area contributed by atoms with Crippen molar-refractivity contribution in [2.24, 2.45) is 0 Å². The van der Waals surface area contributed by atoms with Crippen LogP contribution in [0.5, 0.6) is 0 Å². The standard InChI is InChI=1S/C20H13ClF2N4O2/c21-12-4-2-1-3-11(12)17-16-15(7-8-24-18(16)19(28)27-17)26-20(29)25-14-6-5-10(22)9-13(14)23/h1-9,17H,(H,27,28)(H2,24,25,26,29). The predicted octanol–water partition coefficient (Wildman–Crippen LogP) is 4.49. The maximum Gasteiger partial charge on any atom is 0.323 e. The summed E-state index contributed by atoms with van der Waals surface area (Å²) in [6, 6.07) is 9.92. The Morgan fingerprint density at radius 1 is 1.07 bits per heavy atom. The van der Waals surface area contributed by atoms with E-state index in [2.05, 4.69) is 20.9 Å². The number of hydrogen-bond acceptors (Lipinski definition) is 3. The van der Waals surface area contributed by atoms with Gasteiger partial charge in [0.25, 0.3) is 5.91 Å². The zero-order valence-electron chi connectivity index (χ0n) is 14.7. The highest BCUT2D eigenvalue weighted by atomic mass is 35.5. The van der Waals surface area contributed by atoms with E-state index in [9.17, 15) is 18.4 Å². The van der Waals surface area contributed by atoms with Crippen molar-refractivity contribution < 1.29 is 18.4 Å². The minimum absolute atomic E-state index is 0.153. The molecule has 3 aromatic rings. The Kier molecular flexibility index (Phi) is 4.85. The van der Waals surface area contributed by atoms with Crippen LogP contribution in [0.3, 0.4) is 0 Å². The van der Waals surface area contributed by atoms with Crippen molar-refractivity contribution in [1.29, 1.82) is 0 Å². The molecule has 0 bridgehead atoms. The fourth-order valence-corrected chi connectivity index (χ4v) is 3.38. The number of halogens is 3. The summed E-state index contributed by atoms with van der Waals surface area (Å²) in [5.41, 5.74) is 1.35. The molecule has 2 heterocycles. The molecular formula is C20H13ClF2N4O2. The minimum Gasteiger partial charge on any atom is -0.340 e. The number of hydrogen-bond donors (Lipinski definition) is 3. The highest BCUT2D eigenvalue weighted by Crippen LogP contribution is 2.37. The first-order chi connectivity index (χ1) is 13.9. The number of urea groups is 1. The third-order valence-electron chi connectivity index (χ3n) is 4.41. The van der Waals surface area contributed by atoms with Crippen molar-refractivity contribution in [3.05, 3.63) is 88.2 Å². The topological polar surface area (TPSA) is 83.1 Å². The molecule has 6 nitrogen and oxygen atoms in total. The van der Waals surface area contributed by atoms with Gasteiger partial charge in [-0.25, -0.2) is 13.6 Å². The lowest BCUT2D eigenvalue weighted by molar-refractivity contribution is 0.0956. The second kappa shape index (κ2) is 7.48. The number of fused-ring (bicyclic) bond motifs is 1. The number of carbonyl (C=O) groups excluding carboxylic acids is 2. The molecule has 1 unspecified atom stereocenters. The molecule has 4 rings (SSSR count). The van der Waals surface area contributed by atoms with Crippen LogP contribution in [0.2, 0.25) is 5.02 Å². The van der Waals surface area contributed by atoms with Gasteiger partial charge in [0.15, 0.2) is 0 Å². The van der Waals surface area contributed by atoms with E-state index < -0.39 is 29.6 Å². The second-order valence-corrected chi connectivity index (χ2v) is 6.66. The van der Waals surface area contributed by atoms with Crippen molar-refractivity contribution in [1.82, 2.24) is 10.3 Å². The Bertz CT molecular complexity index is 1140. The zero-order valence-corrected chi connectivity index (χ0v) is 15.4. The SMILES string of the molecule is O=C(Nc1ccc(F)cc1F)Nc1ccnc2c1C(c1ccccc1Cl)NC2=O. The molecule has 29 heavy (non-hydrogen) atoms. The van der Waals surface area contributed by atoms with Crippen LogP contribution in [0, 0.1) is 11.6 Å². The van der Waals surface area contributed by atoms with Gasteiger partial charge in [-0.3, -0.25) is 9.78 Å². The van der Waals surface area contributed by atoms with E-state index in [4.69, 9.17) is 11.6 Å². The maximum atomic E-state index is 13.8. The monoisotopic (exact) mass is 414 g/mol. The summed E-state index contributed by atoms with van der Waals surface area (Å²) in [6.45, 7) is 0. The van der Waals surface area contributed by atoms with Crippen LogP contribution >= 0.6 is 11.6 Å². The number of anilines is 2. The molecule has 146 valence electrons. The van der Waals surface area contributed by atoms with Gasteiger partial charge < -0.3 is 16.0 Å². The average molecular weight is 415 g/mol. The Hall–Kier alpha value is -3.52. The van der Waals surface area contributed by atoms with Gasteiger partial charge in [0.05, 0.1) is 17.4 Å². The van der Waals surface area contributed by atoms with E-state index in [1.54, 1.807) is 24.3 Å². The third-order valence-corrected chi connectivity index (χ3v) is 4.76. The van der Waals surface area contributed by atoms with Crippen LogP contribution in [0.15, 0.2) is 54.7 Å². The molecule has 1 aromatic heterocycles. The number of rotatable bonds is 3. The number of aromatic nitrogens is 1. The van der Waals surface area contributed by atoms with Crippen LogP contribution in [-0.2, 0) is 0 Å². The van der Waals surface area contributed by atoms with E-state index in [1.165, 1.54) is 12.3 Å². The lowest BCUT2D eigenvalue weighted by atomic mass is 9.99. The van der Waals surface area contributed by atoms with Gasteiger partial charge in [0, 0.05) is 22.8 Å². The van der Waals surface area contributed by atoms with Crippen molar-refractivity contribution >= 4 is 34.9 Å². The first-order valence-electron chi connectivity index (χ1n) is 8.51. The summed E-state index contributed by atoms with van der Waals surface area (Å²) in [7, 11) is 0. The zero-order chi connectivity index (χ0) is 20.5. The highest BCUT2D eigenvalue weighted by Gasteiger charge is 2.34. The van der Waals surface area contributed by atoms with E-state index in [0.29, 0.717) is 27.9 Å². The molecule has 3 amide bonds. The molecule has 0 saturated heterocycles. The first kappa shape index (κ1) is 18.8. The Morgan fingerprint density at radius 2 is 1.83 bits per heavy atom. The van der Waals surface area contributed by atoms with E-state index in [-0.39, 0.29) is 11.4 Å². The van der Waals surface area contributed by atoms with Crippen LogP contribution in [-0.4, -0.2) is 16.9 Å². The maximum absolute atomic E-state index is 13.8. The molecule has 2 aromatic carbocycles. The molecule has 1 atom stereocenters. The van der Waals surface area contributed by atoms with Gasteiger partial charge in [-0.15, -0.1) is 0 Å². The van der Waals surface area contributed by atoms with Gasteiger partial charge >= 0.3 is 6.03 Å². The van der Waals surface area contributed by atoms with Crippen molar-refractivity contribution in [2.75, 3.05) is 10.6 Å². The highest BCUT2D eigenvalue weighted by molar-refractivity contribution is 6.31. The van der Waals surface area contributed by atoms with Crippen LogP contribution in [0.1, 0.15) is 27.7 Å². The second-order valence-electron chi connectivity index (χ2n) is 6.25. The van der Waals surface area contributed by atoms with Crippen molar-refractivity contribution in [2.45, 2.75) is 6.04 Å². The number of nitrogens with one attached hydrogen (secondary N) is 3.